The molecule has 1 heterocycles. The van der Waals surface area contributed by atoms with Gasteiger partial charge in [0.05, 0.1) is 5.04 Å². The highest BCUT2D eigenvalue weighted by atomic mass is 35.5. The van der Waals surface area contributed by atoms with Crippen LogP contribution in [0.25, 0.3) is 11.1 Å². The molecule has 0 N–H and O–H groups in total. The molecular formula is C37H50ClFN2OS. The van der Waals surface area contributed by atoms with Gasteiger partial charge in [0, 0.05) is 40.2 Å². The van der Waals surface area contributed by atoms with Crippen molar-refractivity contribution in [3.8, 4) is 0 Å². The lowest BCUT2D eigenvalue weighted by atomic mass is 9.90. The number of carbonyl (C=O) groups excluding carboxylic acids is 1. The molecule has 0 fully saturated rings. The number of carbonyl (C=O) groups is 1. The van der Waals surface area contributed by atoms with Crippen LogP contribution in [0.4, 0.5) is 4.39 Å². The van der Waals surface area contributed by atoms with Crippen LogP contribution in [0.1, 0.15) is 109 Å². The van der Waals surface area contributed by atoms with Gasteiger partial charge in [-0.1, -0.05) is 100 Å². The molecule has 43 heavy (non-hydrogen) atoms. The van der Waals surface area contributed by atoms with Gasteiger partial charge in [-0.3, -0.25) is 14.8 Å². The third-order valence-corrected chi connectivity index (χ3v) is 8.08. The summed E-state index contributed by atoms with van der Waals surface area (Å²) in [4.78, 5) is 20.3. The number of aryl methyl sites for hydroxylation is 1. The monoisotopic (exact) mass is 624 g/mol. The van der Waals surface area contributed by atoms with Crippen LogP contribution in [-0.2, 0) is 4.79 Å². The Hall–Kier alpha value is -2.76. The molecule has 0 amide bonds. The van der Waals surface area contributed by atoms with Crippen LogP contribution >= 0.6 is 23.4 Å². The number of ketones is 1. The number of hydrogen-bond acceptors (Lipinski definition) is 4. The third-order valence-electron chi connectivity index (χ3n) is 6.77. The molecule has 0 atom stereocenters. The first-order valence-corrected chi connectivity index (χ1v) is 16.8. The summed E-state index contributed by atoms with van der Waals surface area (Å²) in [6, 6.07) is 14.2. The van der Waals surface area contributed by atoms with E-state index in [9.17, 15) is 9.18 Å². The molecular weight excluding hydrogens is 575 g/mol. The first kappa shape index (κ1) is 38.3. The van der Waals surface area contributed by atoms with E-state index in [1.54, 1.807) is 56.1 Å². The molecule has 0 radical (unpaired) electrons. The van der Waals surface area contributed by atoms with Crippen LogP contribution in [0.3, 0.4) is 0 Å². The molecule has 234 valence electrons. The van der Waals surface area contributed by atoms with Gasteiger partial charge in [0.15, 0.2) is 5.78 Å². The molecule has 3 nitrogen and oxygen atoms in total. The van der Waals surface area contributed by atoms with Crippen LogP contribution in [0.15, 0.2) is 76.4 Å². The number of nitrogens with zero attached hydrogens (tertiary/aromatic N) is 2. The topological polar surface area (TPSA) is 41.8 Å². The van der Waals surface area contributed by atoms with Crippen molar-refractivity contribution in [3.63, 3.8) is 0 Å². The number of Topliss-reactive ketones (excluding diaryl/α,β-unsaturated/α-hetero) is 1. The van der Waals surface area contributed by atoms with Crippen LogP contribution in [0.5, 0.6) is 0 Å². The molecule has 0 saturated heterocycles. The van der Waals surface area contributed by atoms with Gasteiger partial charge in [0.25, 0.3) is 0 Å². The minimum Gasteiger partial charge on any atom is -0.294 e. The standard InChI is InChI=1S/C21H22ClFN2OS.C14H22.C2H6/c1-5-17(21(23)24-6-2)16-7-8-18(20(22)10-16)19(13(3)26)9-15-11-25-14(4)27-12-15;1-4-6-13(7-5-2)14-10-8-12(3)9-11-14;1-2/h5,7-11H,6,12H2,1-4H3;8-11,13H,4-7H2,1-3H3;1-2H3/b17-5-,19-9+,24-21?;;. The molecule has 6 heteroatoms. The van der Waals surface area contributed by atoms with Crippen molar-refractivity contribution < 1.29 is 9.18 Å². The Balaban J connectivity index is 0.000000485. The highest BCUT2D eigenvalue weighted by Gasteiger charge is 2.16. The van der Waals surface area contributed by atoms with E-state index in [0.29, 0.717) is 33.8 Å². The first-order valence-electron chi connectivity index (χ1n) is 15.5. The molecule has 0 spiro atoms. The summed E-state index contributed by atoms with van der Waals surface area (Å²) < 4.78 is 14.2. The number of thioether (sulfide) groups is 1. The highest BCUT2D eigenvalue weighted by molar-refractivity contribution is 8.14. The molecule has 1 aliphatic heterocycles. The second kappa shape index (κ2) is 21.0. The van der Waals surface area contributed by atoms with Crippen molar-refractivity contribution in [2.75, 3.05) is 12.3 Å². The number of aliphatic imine (C=N–C) groups is 2. The Morgan fingerprint density at radius 2 is 1.67 bits per heavy atom. The van der Waals surface area contributed by atoms with Crippen molar-refractivity contribution in [2.45, 2.75) is 93.9 Å². The molecule has 0 bridgehead atoms. The Labute approximate surface area is 269 Å². The minimum absolute atomic E-state index is 0.0909. The average molecular weight is 625 g/mol. The van der Waals surface area contributed by atoms with Gasteiger partial charge < -0.3 is 0 Å². The Morgan fingerprint density at radius 1 is 1.05 bits per heavy atom. The SMILES string of the molecule is C/C=C(\C(F)=NCC)c1ccc(/C(=C/C2=CN=C(C)SC2)C(C)=O)c(Cl)c1.CC.CCCC(CCC)c1ccc(C)cc1. The van der Waals surface area contributed by atoms with E-state index in [1.807, 2.05) is 26.8 Å². The smallest absolute Gasteiger partial charge is 0.215 e. The zero-order valence-corrected chi connectivity index (χ0v) is 29.1. The van der Waals surface area contributed by atoms with Gasteiger partial charge >= 0.3 is 0 Å². The number of rotatable bonds is 11. The Kier molecular flexibility index (Phi) is 18.7. The molecule has 0 saturated carbocycles. The van der Waals surface area contributed by atoms with E-state index in [0.717, 1.165) is 22.3 Å². The van der Waals surface area contributed by atoms with Crippen molar-refractivity contribution >= 4 is 51.3 Å². The molecule has 0 aliphatic carbocycles. The fourth-order valence-electron chi connectivity index (χ4n) is 4.61. The van der Waals surface area contributed by atoms with E-state index in [-0.39, 0.29) is 5.78 Å². The van der Waals surface area contributed by atoms with Crippen LogP contribution < -0.4 is 0 Å². The molecule has 0 aromatic heterocycles. The predicted molar refractivity (Wildman–Crippen MR) is 192 cm³/mol. The number of halogens is 2. The summed E-state index contributed by atoms with van der Waals surface area (Å²) in [5.41, 5.74) is 5.98. The maximum atomic E-state index is 14.2. The average Bonchev–Trinajstić information content (AvgIpc) is 2.99. The molecule has 0 unspecified atom stereocenters. The summed E-state index contributed by atoms with van der Waals surface area (Å²) in [5, 5.41) is 1.38. The normalized spacial score (nSPS) is 13.8. The summed E-state index contributed by atoms with van der Waals surface area (Å²) >= 11 is 8.08. The number of allylic oxidation sites excluding steroid dienone is 4. The predicted octanol–water partition coefficient (Wildman–Crippen LogP) is 11.9. The number of hydrogen-bond donors (Lipinski definition) is 0. The first-order chi connectivity index (χ1) is 20.6. The fraction of sp³-hybridized carbons (Fsp3) is 0.432. The second-order valence-electron chi connectivity index (χ2n) is 10.1. The van der Waals surface area contributed by atoms with E-state index in [1.165, 1.54) is 43.7 Å². The van der Waals surface area contributed by atoms with Gasteiger partial charge in [-0.15, -0.1) is 11.8 Å². The molecule has 1 aliphatic rings. The maximum absolute atomic E-state index is 14.2. The Bertz CT molecular complexity index is 1320. The second-order valence-corrected chi connectivity index (χ2v) is 11.7. The van der Waals surface area contributed by atoms with Gasteiger partial charge in [-0.05, 0) is 82.2 Å². The van der Waals surface area contributed by atoms with Crippen molar-refractivity contribution in [2.24, 2.45) is 9.98 Å². The molecule has 2 aromatic rings. The summed E-state index contributed by atoms with van der Waals surface area (Å²) in [6.45, 7) is 18.0. The van der Waals surface area contributed by atoms with Crippen molar-refractivity contribution in [3.05, 3.63) is 93.7 Å². The lowest BCUT2D eigenvalue weighted by Crippen LogP contribution is -2.02. The van der Waals surface area contributed by atoms with E-state index >= 15 is 0 Å². The van der Waals surface area contributed by atoms with Gasteiger partial charge in [-0.2, -0.15) is 4.39 Å². The van der Waals surface area contributed by atoms with Gasteiger partial charge in [-0.25, -0.2) is 0 Å². The zero-order chi connectivity index (χ0) is 32.4. The Morgan fingerprint density at radius 3 is 2.14 bits per heavy atom. The van der Waals surface area contributed by atoms with Crippen LogP contribution in [-0.4, -0.2) is 29.1 Å². The van der Waals surface area contributed by atoms with E-state index in [2.05, 4.69) is 55.0 Å². The molecule has 2 aromatic carbocycles. The molecule has 3 rings (SSSR count). The van der Waals surface area contributed by atoms with Gasteiger partial charge in [0.2, 0.25) is 5.97 Å². The van der Waals surface area contributed by atoms with Crippen molar-refractivity contribution in [1.82, 2.24) is 0 Å². The largest absolute Gasteiger partial charge is 0.294 e. The summed E-state index contributed by atoms with van der Waals surface area (Å²) in [6.07, 6.45) is 10.5. The summed E-state index contributed by atoms with van der Waals surface area (Å²) in [5.74, 6) is 0.921. The fourth-order valence-corrected chi connectivity index (χ4v) is 5.56. The maximum Gasteiger partial charge on any atom is 0.215 e. The lowest BCUT2D eigenvalue weighted by molar-refractivity contribution is -0.111. The quantitative estimate of drug-likeness (QED) is 0.184. The highest BCUT2D eigenvalue weighted by Crippen LogP contribution is 2.31. The zero-order valence-electron chi connectivity index (χ0n) is 27.6. The van der Waals surface area contributed by atoms with Gasteiger partial charge in [0.1, 0.15) is 0 Å². The third kappa shape index (κ3) is 12.8. The van der Waals surface area contributed by atoms with E-state index < -0.39 is 5.97 Å². The lowest BCUT2D eigenvalue weighted by Gasteiger charge is -2.15. The minimum atomic E-state index is -0.524. The van der Waals surface area contributed by atoms with Crippen LogP contribution in [0.2, 0.25) is 5.02 Å². The van der Waals surface area contributed by atoms with Crippen LogP contribution in [0, 0.1) is 6.92 Å². The van der Waals surface area contributed by atoms with E-state index in [4.69, 9.17) is 11.6 Å². The van der Waals surface area contributed by atoms with Crippen molar-refractivity contribution in [1.29, 1.82) is 0 Å². The number of benzene rings is 2. The summed E-state index contributed by atoms with van der Waals surface area (Å²) in [7, 11) is 0.